The van der Waals surface area contributed by atoms with E-state index in [4.69, 9.17) is 27.5 Å². The van der Waals surface area contributed by atoms with Crippen LogP contribution in [0.4, 0.5) is 11.6 Å². The van der Waals surface area contributed by atoms with Crippen molar-refractivity contribution in [1.29, 1.82) is 5.41 Å². The fourth-order valence-electron chi connectivity index (χ4n) is 4.68. The van der Waals surface area contributed by atoms with Gasteiger partial charge in [-0.05, 0) is 51.7 Å². The van der Waals surface area contributed by atoms with Crippen molar-refractivity contribution in [3.63, 3.8) is 0 Å². The topological polar surface area (TPSA) is 130 Å². The summed E-state index contributed by atoms with van der Waals surface area (Å²) in [5, 5.41) is 12.2. The molecule has 1 fully saturated rings. The predicted molar refractivity (Wildman–Crippen MR) is 142 cm³/mol. The summed E-state index contributed by atoms with van der Waals surface area (Å²) in [5.41, 5.74) is 9.78. The number of nitrogens with zero attached hydrogens (tertiary/aromatic N) is 4. The number of hydrogen-bond acceptors (Lipinski definition) is 8. The van der Waals surface area contributed by atoms with Crippen molar-refractivity contribution in [3.8, 4) is 0 Å². The number of rotatable bonds is 8. The maximum absolute atomic E-state index is 13.0. The molecule has 2 aromatic rings. The van der Waals surface area contributed by atoms with Gasteiger partial charge >= 0.3 is 0 Å². The number of allylic oxidation sites excluding steroid dienone is 3. The second-order valence-electron chi connectivity index (χ2n) is 9.43. The van der Waals surface area contributed by atoms with E-state index in [1.165, 1.54) is 6.33 Å². The summed E-state index contributed by atoms with van der Waals surface area (Å²) < 4.78 is 5.97. The Morgan fingerprint density at radius 1 is 1.33 bits per heavy atom. The van der Waals surface area contributed by atoms with E-state index >= 15 is 0 Å². The average Bonchev–Trinajstić information content (AvgIpc) is 3.69. The molecule has 2 atom stereocenters. The van der Waals surface area contributed by atoms with Crippen LogP contribution in [0.2, 0.25) is 0 Å². The van der Waals surface area contributed by atoms with Gasteiger partial charge in [0.2, 0.25) is 0 Å². The first-order valence-electron chi connectivity index (χ1n) is 11.9. The van der Waals surface area contributed by atoms with Gasteiger partial charge in [0.15, 0.2) is 0 Å². The Kier molecular flexibility index (Phi) is 7.31. The van der Waals surface area contributed by atoms with Crippen molar-refractivity contribution in [2.45, 2.75) is 52.1 Å². The molecule has 4 N–H and O–H groups in total. The quantitative estimate of drug-likeness (QED) is 0.447. The fourth-order valence-corrected chi connectivity index (χ4v) is 4.94. The number of anilines is 2. The smallest absolute Gasteiger partial charge is 0.255 e. The zero-order valence-electron chi connectivity index (χ0n) is 21.2. The number of halogens is 1. The van der Waals surface area contributed by atoms with Crippen molar-refractivity contribution in [3.05, 3.63) is 57.8 Å². The maximum Gasteiger partial charge on any atom is 0.255 e. The summed E-state index contributed by atoms with van der Waals surface area (Å²) in [6.45, 7) is 5.61. The van der Waals surface area contributed by atoms with E-state index < -0.39 is 0 Å². The number of carbonyl (C=O) groups excluding carboxylic acids is 1. The zero-order valence-corrected chi connectivity index (χ0v) is 22.0. The molecule has 1 saturated carbocycles. The molecular formula is C26H32ClN7O2. The van der Waals surface area contributed by atoms with Gasteiger partial charge in [-0.15, -0.1) is 0 Å². The second kappa shape index (κ2) is 10.3. The number of nitrogens with one attached hydrogen (secondary N) is 2. The zero-order chi connectivity index (χ0) is 26.1. The molecule has 0 aliphatic heterocycles. The minimum Gasteiger partial charge on any atom is -0.500 e. The van der Waals surface area contributed by atoms with Crippen LogP contribution in [0.25, 0.3) is 5.57 Å². The predicted octanol–water partition coefficient (Wildman–Crippen LogP) is 4.47. The molecule has 0 spiro atoms. The minimum absolute atomic E-state index is 0.0440. The molecule has 0 aromatic carbocycles. The molecule has 2 heterocycles. The average molecular weight is 510 g/mol. The highest BCUT2D eigenvalue weighted by Crippen LogP contribution is 2.43. The van der Waals surface area contributed by atoms with Crippen molar-refractivity contribution in [2.75, 3.05) is 25.2 Å². The first-order valence-corrected chi connectivity index (χ1v) is 12.3. The lowest BCUT2D eigenvalue weighted by Crippen LogP contribution is -2.32. The van der Waals surface area contributed by atoms with Gasteiger partial charge in [0.05, 0.1) is 18.2 Å². The van der Waals surface area contributed by atoms with Crippen LogP contribution in [0, 0.1) is 11.3 Å². The highest BCUT2D eigenvalue weighted by Gasteiger charge is 2.34. The molecular weight excluding hydrogens is 478 g/mol. The van der Waals surface area contributed by atoms with Crippen LogP contribution in [-0.2, 0) is 4.74 Å². The molecule has 2 unspecified atom stereocenters. The summed E-state index contributed by atoms with van der Waals surface area (Å²) in [5.74, 6) is 1.28. The molecule has 4 rings (SSSR count). The standard InChI is InChI=1S/C26H32ClN7O2/c1-13-20(27)9-19(15(3)33-25-22(14(2)28)24(29)31-12-32-25)23(36-5)21(13)16-8-17(11-30-10-16)26(35)34(4)18-6-7-18/h8,10-12,15,18-19,28H,6-7,9H2,1-5H3,(H3,29,31,32,33). The lowest BCUT2D eigenvalue weighted by atomic mass is 9.82. The Morgan fingerprint density at radius 2 is 2.06 bits per heavy atom. The van der Waals surface area contributed by atoms with Gasteiger partial charge in [-0.2, -0.15) is 0 Å². The van der Waals surface area contributed by atoms with E-state index in [2.05, 4.69) is 20.3 Å². The summed E-state index contributed by atoms with van der Waals surface area (Å²) >= 11 is 6.77. The van der Waals surface area contributed by atoms with Crippen LogP contribution in [0.3, 0.4) is 0 Å². The number of aromatic nitrogens is 3. The van der Waals surface area contributed by atoms with Crippen molar-refractivity contribution in [1.82, 2.24) is 19.9 Å². The Labute approximate surface area is 216 Å². The second-order valence-corrected chi connectivity index (χ2v) is 9.89. The first kappa shape index (κ1) is 25.6. The van der Waals surface area contributed by atoms with Gasteiger partial charge < -0.3 is 26.1 Å². The summed E-state index contributed by atoms with van der Waals surface area (Å²) in [6, 6.07) is 1.99. The van der Waals surface area contributed by atoms with E-state index in [1.807, 2.05) is 27.0 Å². The van der Waals surface area contributed by atoms with Gasteiger partial charge in [-0.3, -0.25) is 9.78 Å². The van der Waals surface area contributed by atoms with Crippen molar-refractivity contribution < 1.29 is 9.53 Å². The molecule has 0 radical (unpaired) electrons. The van der Waals surface area contributed by atoms with Gasteiger partial charge in [-0.1, -0.05) is 11.6 Å². The number of amides is 1. The van der Waals surface area contributed by atoms with Crippen molar-refractivity contribution in [2.24, 2.45) is 5.92 Å². The third-order valence-corrected chi connectivity index (χ3v) is 7.33. The lowest BCUT2D eigenvalue weighted by molar-refractivity contribution is 0.0784. The molecule has 2 aliphatic carbocycles. The van der Waals surface area contributed by atoms with E-state index in [9.17, 15) is 4.79 Å². The normalized spacial score (nSPS) is 18.7. The Bertz CT molecular complexity index is 1270. The third-order valence-electron chi connectivity index (χ3n) is 6.89. The number of nitrogen functional groups attached to an aromatic ring is 1. The van der Waals surface area contributed by atoms with E-state index in [-0.39, 0.29) is 29.4 Å². The lowest BCUT2D eigenvalue weighted by Gasteiger charge is -2.33. The maximum atomic E-state index is 13.0. The summed E-state index contributed by atoms with van der Waals surface area (Å²) in [6.07, 6.45) is 7.34. The van der Waals surface area contributed by atoms with Gasteiger partial charge in [-0.25, -0.2) is 9.97 Å². The van der Waals surface area contributed by atoms with Crippen LogP contribution in [0.5, 0.6) is 0 Å². The van der Waals surface area contributed by atoms with E-state index in [0.29, 0.717) is 34.4 Å². The molecule has 2 aliphatic rings. The monoisotopic (exact) mass is 509 g/mol. The van der Waals surface area contributed by atoms with Crippen LogP contribution < -0.4 is 11.1 Å². The largest absolute Gasteiger partial charge is 0.500 e. The molecule has 10 heteroatoms. The van der Waals surface area contributed by atoms with Crippen LogP contribution >= 0.6 is 11.6 Å². The highest BCUT2D eigenvalue weighted by atomic mass is 35.5. The highest BCUT2D eigenvalue weighted by molar-refractivity contribution is 6.31. The van der Waals surface area contributed by atoms with Crippen molar-refractivity contribution >= 4 is 40.4 Å². The van der Waals surface area contributed by atoms with Crippen LogP contribution in [0.15, 0.2) is 41.2 Å². The fraction of sp³-hybridized carbons (Fsp3) is 0.423. The number of nitrogens with two attached hydrogens (primary N) is 1. The number of ether oxygens (including phenoxy) is 1. The summed E-state index contributed by atoms with van der Waals surface area (Å²) in [4.78, 5) is 27.5. The Morgan fingerprint density at radius 3 is 2.69 bits per heavy atom. The third kappa shape index (κ3) is 4.93. The van der Waals surface area contributed by atoms with Crippen LogP contribution in [-0.4, -0.2) is 57.7 Å². The molecule has 2 aromatic heterocycles. The molecule has 0 saturated heterocycles. The molecule has 190 valence electrons. The van der Waals surface area contributed by atoms with E-state index in [1.54, 1.807) is 31.3 Å². The number of hydrogen-bond donors (Lipinski definition) is 3. The number of pyridine rings is 1. The number of methoxy groups -OCH3 is 1. The van der Waals surface area contributed by atoms with Gasteiger partial charge in [0.1, 0.15) is 23.7 Å². The SMILES string of the molecule is COC1=C(c2cncc(C(=O)N(C)C3CC3)c2)C(C)=C(Cl)CC1C(C)Nc1ncnc(N)c1C(C)=N. The molecule has 36 heavy (non-hydrogen) atoms. The minimum atomic E-state index is -0.178. The molecule has 9 nitrogen and oxygen atoms in total. The Hall–Kier alpha value is -3.46. The molecule has 0 bridgehead atoms. The first-order chi connectivity index (χ1) is 17.1. The van der Waals surface area contributed by atoms with E-state index in [0.717, 1.165) is 35.3 Å². The Balaban J connectivity index is 1.71. The molecule has 1 amide bonds. The van der Waals surface area contributed by atoms with Gasteiger partial charge in [0, 0.05) is 59.3 Å². The number of carbonyl (C=O) groups is 1. The summed E-state index contributed by atoms with van der Waals surface area (Å²) in [7, 11) is 3.48. The van der Waals surface area contributed by atoms with Gasteiger partial charge in [0.25, 0.3) is 5.91 Å². The van der Waals surface area contributed by atoms with Crippen LogP contribution in [0.1, 0.15) is 61.5 Å².